The zero-order valence-corrected chi connectivity index (χ0v) is 16.8. The number of hydrogen-bond donors (Lipinski definition) is 2. The highest BCUT2D eigenvalue weighted by molar-refractivity contribution is 9.10. The van der Waals surface area contributed by atoms with Crippen molar-refractivity contribution < 1.29 is 14.3 Å². The number of amides is 2. The van der Waals surface area contributed by atoms with E-state index in [0.717, 1.165) is 10.0 Å². The van der Waals surface area contributed by atoms with Gasteiger partial charge in [-0.05, 0) is 42.8 Å². The van der Waals surface area contributed by atoms with E-state index in [1.54, 1.807) is 36.4 Å². The third-order valence-corrected chi connectivity index (χ3v) is 4.23. The molecule has 27 heavy (non-hydrogen) atoms. The monoisotopic (exact) mass is 449 g/mol. The molecule has 2 rings (SSSR count). The second-order valence-electron chi connectivity index (χ2n) is 5.40. The number of carbonyl (C=O) groups is 2. The molecule has 0 spiro atoms. The smallest absolute Gasteiger partial charge is 0.329 e. The van der Waals surface area contributed by atoms with Crippen LogP contribution in [0.2, 0.25) is 5.02 Å². The molecule has 0 radical (unpaired) electrons. The van der Waals surface area contributed by atoms with Crippen LogP contribution in [-0.4, -0.2) is 24.6 Å². The lowest BCUT2D eigenvalue weighted by Crippen LogP contribution is -2.32. The molecular weight excluding hydrogens is 434 g/mol. The lowest BCUT2D eigenvalue weighted by molar-refractivity contribution is -0.136. The summed E-state index contributed by atoms with van der Waals surface area (Å²) in [7, 11) is 0. The Balaban J connectivity index is 1.99. The minimum Gasteiger partial charge on any atom is -0.489 e. The zero-order valence-electron chi connectivity index (χ0n) is 14.5. The molecule has 2 amide bonds. The Morgan fingerprint density at radius 1 is 1.26 bits per heavy atom. The van der Waals surface area contributed by atoms with Gasteiger partial charge in [-0.15, -0.1) is 0 Å². The summed E-state index contributed by atoms with van der Waals surface area (Å²) in [5.74, 6) is -1.20. The Morgan fingerprint density at radius 3 is 2.74 bits per heavy atom. The number of nitrogens with one attached hydrogen (secondary N) is 2. The van der Waals surface area contributed by atoms with Crippen LogP contribution in [0, 0.1) is 6.92 Å². The average molecular weight is 451 g/mol. The maximum absolute atomic E-state index is 11.9. The normalized spacial score (nSPS) is 10.5. The Hall–Kier alpha value is -2.64. The molecule has 0 fully saturated rings. The zero-order chi connectivity index (χ0) is 19.8. The molecule has 2 N–H and O–H groups in total. The van der Waals surface area contributed by atoms with E-state index in [2.05, 4.69) is 38.4 Å². The van der Waals surface area contributed by atoms with Gasteiger partial charge in [0, 0.05) is 20.7 Å². The molecule has 140 valence electrons. The molecule has 0 heterocycles. The van der Waals surface area contributed by atoms with E-state index in [-0.39, 0.29) is 0 Å². The quantitative estimate of drug-likeness (QED) is 0.301. The lowest BCUT2D eigenvalue weighted by atomic mass is 10.2. The molecule has 0 aliphatic carbocycles. The van der Waals surface area contributed by atoms with E-state index < -0.39 is 11.8 Å². The summed E-state index contributed by atoms with van der Waals surface area (Å²) in [6.45, 7) is 5.76. The van der Waals surface area contributed by atoms with Crippen molar-refractivity contribution in [3.05, 3.63) is 69.7 Å². The molecule has 2 aromatic rings. The molecule has 0 bridgehead atoms. The van der Waals surface area contributed by atoms with Crippen molar-refractivity contribution in [2.45, 2.75) is 6.92 Å². The highest BCUT2D eigenvalue weighted by Gasteiger charge is 2.13. The van der Waals surface area contributed by atoms with E-state index in [4.69, 9.17) is 16.3 Å². The molecule has 0 aliphatic heterocycles. The van der Waals surface area contributed by atoms with E-state index in [9.17, 15) is 9.59 Å². The van der Waals surface area contributed by atoms with E-state index in [0.29, 0.717) is 28.6 Å². The summed E-state index contributed by atoms with van der Waals surface area (Å²) < 4.78 is 6.33. The lowest BCUT2D eigenvalue weighted by Gasteiger charge is -2.07. The van der Waals surface area contributed by atoms with Gasteiger partial charge in [-0.2, -0.15) is 5.10 Å². The topological polar surface area (TPSA) is 79.8 Å². The SMILES string of the molecule is C=CCOc1ccc(Br)cc1/C=N\NC(=O)C(=O)Nc1ccc(C)c(Cl)c1. The second kappa shape index (κ2) is 9.89. The van der Waals surface area contributed by atoms with Gasteiger partial charge < -0.3 is 10.1 Å². The number of hydrogen-bond acceptors (Lipinski definition) is 4. The molecule has 0 unspecified atom stereocenters. The summed E-state index contributed by atoms with van der Waals surface area (Å²) >= 11 is 9.35. The van der Waals surface area contributed by atoms with E-state index in [1.807, 2.05) is 13.0 Å². The van der Waals surface area contributed by atoms with Crippen molar-refractivity contribution in [2.24, 2.45) is 5.10 Å². The Labute approximate surface area is 170 Å². The number of halogens is 2. The molecule has 0 saturated carbocycles. The molecule has 8 heteroatoms. The number of anilines is 1. The Bertz CT molecular complexity index is 900. The first-order valence-corrected chi connectivity index (χ1v) is 9.01. The Morgan fingerprint density at radius 2 is 2.04 bits per heavy atom. The minimum atomic E-state index is -0.911. The summed E-state index contributed by atoms with van der Waals surface area (Å²) in [5.41, 5.74) is 4.08. The van der Waals surface area contributed by atoms with Crippen LogP contribution in [0.1, 0.15) is 11.1 Å². The van der Waals surface area contributed by atoms with Crippen LogP contribution < -0.4 is 15.5 Å². The van der Waals surface area contributed by atoms with Crippen molar-refractivity contribution in [1.82, 2.24) is 5.43 Å². The van der Waals surface area contributed by atoms with Crippen LogP contribution >= 0.6 is 27.5 Å². The largest absolute Gasteiger partial charge is 0.489 e. The second-order valence-corrected chi connectivity index (χ2v) is 6.72. The van der Waals surface area contributed by atoms with Crippen LogP contribution in [0.15, 0.2) is 58.6 Å². The fourth-order valence-corrected chi connectivity index (χ4v) is 2.53. The number of aryl methyl sites for hydroxylation is 1. The van der Waals surface area contributed by atoms with Crippen molar-refractivity contribution in [3.63, 3.8) is 0 Å². The van der Waals surface area contributed by atoms with E-state index >= 15 is 0 Å². The molecule has 0 saturated heterocycles. The average Bonchev–Trinajstić information content (AvgIpc) is 2.64. The van der Waals surface area contributed by atoms with Crippen LogP contribution in [0.4, 0.5) is 5.69 Å². The molecule has 2 aromatic carbocycles. The summed E-state index contributed by atoms with van der Waals surface area (Å²) in [4.78, 5) is 23.8. The Kier molecular flexibility index (Phi) is 7.57. The predicted octanol–water partition coefficient (Wildman–Crippen LogP) is 4.06. The molecule has 0 aliphatic rings. The summed E-state index contributed by atoms with van der Waals surface area (Å²) in [5, 5.41) is 6.76. The van der Waals surface area contributed by atoms with Gasteiger partial charge in [0.25, 0.3) is 0 Å². The molecule has 6 nitrogen and oxygen atoms in total. The maximum atomic E-state index is 11.9. The predicted molar refractivity (Wildman–Crippen MR) is 110 cm³/mol. The first-order chi connectivity index (χ1) is 12.9. The first-order valence-electron chi connectivity index (χ1n) is 7.84. The standard InChI is InChI=1S/C19H17BrClN3O3/c1-3-8-27-17-7-5-14(20)9-13(17)11-22-24-19(26)18(25)23-15-6-4-12(2)16(21)10-15/h3-7,9-11H,1,8H2,2H3,(H,23,25)(H,24,26)/b22-11-. The van der Waals surface area contributed by atoms with Gasteiger partial charge in [-0.1, -0.05) is 46.3 Å². The van der Waals surface area contributed by atoms with Crippen LogP contribution in [0.5, 0.6) is 5.75 Å². The van der Waals surface area contributed by atoms with Gasteiger partial charge in [-0.3, -0.25) is 9.59 Å². The number of rotatable bonds is 6. The summed E-state index contributed by atoms with van der Waals surface area (Å²) in [6, 6.07) is 10.3. The summed E-state index contributed by atoms with van der Waals surface area (Å²) in [6.07, 6.45) is 3.00. The third kappa shape index (κ3) is 6.23. The fraction of sp³-hybridized carbons (Fsp3) is 0.105. The molecule has 0 aromatic heterocycles. The van der Waals surface area contributed by atoms with Gasteiger partial charge in [0.15, 0.2) is 0 Å². The van der Waals surface area contributed by atoms with Crippen LogP contribution in [-0.2, 0) is 9.59 Å². The van der Waals surface area contributed by atoms with Crippen molar-refractivity contribution in [2.75, 3.05) is 11.9 Å². The first kappa shape index (κ1) is 20.7. The molecular formula is C19H17BrClN3O3. The fourth-order valence-electron chi connectivity index (χ4n) is 1.97. The minimum absolute atomic E-state index is 0.330. The van der Waals surface area contributed by atoms with Crippen LogP contribution in [0.3, 0.4) is 0 Å². The van der Waals surface area contributed by atoms with Gasteiger partial charge in [0.2, 0.25) is 0 Å². The van der Waals surface area contributed by atoms with Crippen molar-refractivity contribution >= 4 is 51.2 Å². The number of carbonyl (C=O) groups excluding carboxylic acids is 2. The maximum Gasteiger partial charge on any atom is 0.329 e. The van der Waals surface area contributed by atoms with Gasteiger partial charge in [-0.25, -0.2) is 5.43 Å². The number of ether oxygens (including phenoxy) is 1. The van der Waals surface area contributed by atoms with Gasteiger partial charge in [0.1, 0.15) is 12.4 Å². The van der Waals surface area contributed by atoms with Crippen LogP contribution in [0.25, 0.3) is 0 Å². The van der Waals surface area contributed by atoms with Gasteiger partial charge >= 0.3 is 11.8 Å². The van der Waals surface area contributed by atoms with Gasteiger partial charge in [0.05, 0.1) is 6.21 Å². The number of hydrazone groups is 1. The van der Waals surface area contributed by atoms with Crippen molar-refractivity contribution in [3.8, 4) is 5.75 Å². The highest BCUT2D eigenvalue weighted by Crippen LogP contribution is 2.22. The highest BCUT2D eigenvalue weighted by atomic mass is 79.9. The number of nitrogens with zero attached hydrogens (tertiary/aromatic N) is 1. The van der Waals surface area contributed by atoms with Crippen molar-refractivity contribution in [1.29, 1.82) is 0 Å². The molecule has 0 atom stereocenters. The number of benzene rings is 2. The van der Waals surface area contributed by atoms with E-state index in [1.165, 1.54) is 6.21 Å². The third-order valence-electron chi connectivity index (χ3n) is 3.33.